The van der Waals surface area contributed by atoms with Crippen LogP contribution >= 0.6 is 0 Å². The summed E-state index contributed by atoms with van der Waals surface area (Å²) in [7, 11) is 0. The molecule has 0 radical (unpaired) electrons. The molecule has 2 aromatic heterocycles. The summed E-state index contributed by atoms with van der Waals surface area (Å²) in [5.74, 6) is 0.451. The summed E-state index contributed by atoms with van der Waals surface area (Å²) < 4.78 is 5.04. The van der Waals surface area contributed by atoms with Gasteiger partial charge >= 0.3 is 0 Å². The number of nitrogens with one attached hydrogen (secondary N) is 1. The average Bonchev–Trinajstić information content (AvgIpc) is 2.76. The fourth-order valence-electron chi connectivity index (χ4n) is 1.16. The van der Waals surface area contributed by atoms with E-state index in [9.17, 15) is 4.79 Å². The summed E-state index contributed by atoms with van der Waals surface area (Å²) in [5, 5.41) is 3.74. The van der Waals surface area contributed by atoms with Gasteiger partial charge in [0.05, 0.1) is 6.21 Å². The molecule has 0 bridgehead atoms. The van der Waals surface area contributed by atoms with E-state index in [0.717, 1.165) is 0 Å². The van der Waals surface area contributed by atoms with Crippen LogP contribution in [0.1, 0.15) is 16.1 Å². The maximum absolute atomic E-state index is 11.5. The van der Waals surface area contributed by atoms with Crippen molar-refractivity contribution < 1.29 is 9.21 Å². The predicted octanol–water partition coefficient (Wildman–Crippen LogP) is 1.02. The van der Waals surface area contributed by atoms with Gasteiger partial charge in [-0.1, -0.05) is 0 Å². The number of carbonyl (C=O) groups is 1. The minimum absolute atomic E-state index is 0.298. The van der Waals surface area contributed by atoms with E-state index in [1.54, 1.807) is 24.3 Å². The monoisotopic (exact) mass is 230 g/mol. The first-order valence-corrected chi connectivity index (χ1v) is 4.84. The lowest BCUT2D eigenvalue weighted by atomic mass is 10.3. The molecule has 6 heteroatoms. The van der Waals surface area contributed by atoms with Crippen LogP contribution in [0.4, 0.5) is 5.88 Å². The summed E-state index contributed by atoms with van der Waals surface area (Å²) in [4.78, 5) is 15.3. The Morgan fingerprint density at radius 3 is 2.76 bits per heavy atom. The van der Waals surface area contributed by atoms with Crippen LogP contribution < -0.4 is 11.2 Å². The van der Waals surface area contributed by atoms with Crippen molar-refractivity contribution in [1.29, 1.82) is 0 Å². The van der Waals surface area contributed by atoms with Crippen molar-refractivity contribution in [1.82, 2.24) is 10.4 Å². The van der Waals surface area contributed by atoms with Gasteiger partial charge in [0.15, 0.2) is 5.88 Å². The number of nitrogens with two attached hydrogens (primary N) is 1. The SMILES string of the molecule is Nc1ccc(/C=N/NC(=O)c2ccncc2)o1. The van der Waals surface area contributed by atoms with Crippen LogP contribution in [0.2, 0.25) is 0 Å². The molecule has 0 saturated carbocycles. The van der Waals surface area contributed by atoms with Crippen molar-refractivity contribution in [3.63, 3.8) is 0 Å². The highest BCUT2D eigenvalue weighted by Gasteiger charge is 2.02. The Hall–Kier alpha value is -2.63. The molecule has 2 rings (SSSR count). The molecule has 0 aromatic carbocycles. The number of anilines is 1. The third-order valence-electron chi connectivity index (χ3n) is 1.95. The van der Waals surface area contributed by atoms with Gasteiger partial charge in [-0.3, -0.25) is 9.78 Å². The van der Waals surface area contributed by atoms with Gasteiger partial charge in [-0.05, 0) is 18.2 Å². The standard InChI is InChI=1S/C11H10N4O2/c12-10-2-1-9(17-10)7-14-15-11(16)8-3-5-13-6-4-8/h1-7H,12H2,(H,15,16)/b14-7+. The van der Waals surface area contributed by atoms with Crippen molar-refractivity contribution in [2.45, 2.75) is 0 Å². The van der Waals surface area contributed by atoms with Gasteiger partial charge in [-0.15, -0.1) is 0 Å². The van der Waals surface area contributed by atoms with Gasteiger partial charge in [0.25, 0.3) is 5.91 Å². The van der Waals surface area contributed by atoms with E-state index in [2.05, 4.69) is 15.5 Å². The van der Waals surface area contributed by atoms with Crippen LogP contribution in [0.3, 0.4) is 0 Å². The van der Waals surface area contributed by atoms with E-state index in [0.29, 0.717) is 17.2 Å². The highest BCUT2D eigenvalue weighted by molar-refractivity contribution is 5.94. The second-order valence-electron chi connectivity index (χ2n) is 3.18. The normalized spacial score (nSPS) is 10.6. The number of hydrazone groups is 1. The van der Waals surface area contributed by atoms with Crippen LogP contribution in [-0.4, -0.2) is 17.1 Å². The largest absolute Gasteiger partial charge is 0.440 e. The van der Waals surface area contributed by atoms with Crippen LogP contribution in [0.15, 0.2) is 46.2 Å². The number of hydrogen-bond acceptors (Lipinski definition) is 5. The minimum atomic E-state index is -0.317. The first-order valence-electron chi connectivity index (χ1n) is 4.84. The topological polar surface area (TPSA) is 93.5 Å². The summed E-state index contributed by atoms with van der Waals surface area (Å²) in [5.41, 5.74) is 8.22. The van der Waals surface area contributed by atoms with E-state index >= 15 is 0 Å². The van der Waals surface area contributed by atoms with Crippen LogP contribution in [-0.2, 0) is 0 Å². The van der Waals surface area contributed by atoms with Crippen LogP contribution in [0.25, 0.3) is 0 Å². The molecular formula is C11H10N4O2. The van der Waals surface area contributed by atoms with Gasteiger partial charge in [0.1, 0.15) is 5.76 Å². The number of furan rings is 1. The third-order valence-corrected chi connectivity index (χ3v) is 1.95. The highest BCUT2D eigenvalue weighted by atomic mass is 16.3. The smallest absolute Gasteiger partial charge is 0.271 e. The average molecular weight is 230 g/mol. The summed E-state index contributed by atoms with van der Waals surface area (Å²) in [6.07, 6.45) is 4.44. The van der Waals surface area contributed by atoms with Crippen LogP contribution in [0, 0.1) is 0 Å². The zero-order chi connectivity index (χ0) is 12.1. The zero-order valence-electron chi connectivity index (χ0n) is 8.83. The maximum atomic E-state index is 11.5. The van der Waals surface area contributed by atoms with Gasteiger partial charge < -0.3 is 10.2 Å². The number of rotatable bonds is 3. The summed E-state index contributed by atoms with van der Waals surface area (Å²) >= 11 is 0. The molecule has 86 valence electrons. The Bertz CT molecular complexity index is 533. The number of pyridine rings is 1. The molecule has 0 spiro atoms. The summed E-state index contributed by atoms with van der Waals surface area (Å²) in [6.45, 7) is 0. The maximum Gasteiger partial charge on any atom is 0.271 e. The lowest BCUT2D eigenvalue weighted by molar-refractivity contribution is 0.0955. The second kappa shape index (κ2) is 4.93. The molecule has 2 aromatic rings. The first-order chi connectivity index (χ1) is 8.25. The van der Waals surface area contributed by atoms with Gasteiger partial charge in [0, 0.05) is 24.0 Å². The van der Waals surface area contributed by atoms with Crippen molar-refractivity contribution in [3.8, 4) is 0 Å². The van der Waals surface area contributed by atoms with Crippen molar-refractivity contribution in [2.24, 2.45) is 5.10 Å². The molecule has 0 aliphatic carbocycles. The van der Waals surface area contributed by atoms with E-state index in [1.165, 1.54) is 18.6 Å². The quantitative estimate of drug-likeness (QED) is 0.608. The molecule has 0 fully saturated rings. The molecule has 0 saturated heterocycles. The lowest BCUT2D eigenvalue weighted by Crippen LogP contribution is -2.17. The Kier molecular flexibility index (Phi) is 3.15. The molecule has 2 heterocycles. The van der Waals surface area contributed by atoms with Gasteiger partial charge in [-0.2, -0.15) is 5.10 Å². The number of amides is 1. The van der Waals surface area contributed by atoms with E-state index < -0.39 is 0 Å². The molecule has 0 aliphatic heterocycles. The van der Waals surface area contributed by atoms with E-state index in [-0.39, 0.29) is 5.91 Å². The number of nitrogens with zero attached hydrogens (tertiary/aromatic N) is 2. The lowest BCUT2D eigenvalue weighted by Gasteiger charge is -1.97. The fraction of sp³-hybridized carbons (Fsp3) is 0. The Morgan fingerprint density at radius 1 is 1.35 bits per heavy atom. The highest BCUT2D eigenvalue weighted by Crippen LogP contribution is 2.05. The number of hydrogen-bond donors (Lipinski definition) is 2. The molecule has 0 atom stereocenters. The Balaban J connectivity index is 1.95. The van der Waals surface area contributed by atoms with E-state index in [1.807, 2.05) is 0 Å². The van der Waals surface area contributed by atoms with E-state index in [4.69, 9.17) is 10.2 Å². The molecule has 1 amide bonds. The van der Waals surface area contributed by atoms with Crippen molar-refractivity contribution >= 4 is 18.0 Å². The fourth-order valence-corrected chi connectivity index (χ4v) is 1.16. The molecule has 3 N–H and O–H groups in total. The summed E-state index contributed by atoms with van der Waals surface area (Å²) in [6, 6.07) is 6.44. The Labute approximate surface area is 97.1 Å². The predicted molar refractivity (Wildman–Crippen MR) is 62.4 cm³/mol. The minimum Gasteiger partial charge on any atom is -0.440 e. The van der Waals surface area contributed by atoms with Crippen molar-refractivity contribution in [3.05, 3.63) is 48.0 Å². The van der Waals surface area contributed by atoms with Gasteiger partial charge in [0.2, 0.25) is 0 Å². The van der Waals surface area contributed by atoms with Gasteiger partial charge in [-0.25, -0.2) is 5.43 Å². The Morgan fingerprint density at radius 2 is 2.12 bits per heavy atom. The molecular weight excluding hydrogens is 220 g/mol. The molecule has 17 heavy (non-hydrogen) atoms. The second-order valence-corrected chi connectivity index (χ2v) is 3.18. The molecule has 6 nitrogen and oxygen atoms in total. The van der Waals surface area contributed by atoms with Crippen molar-refractivity contribution in [2.75, 3.05) is 5.73 Å². The third kappa shape index (κ3) is 2.91. The molecule has 0 unspecified atom stereocenters. The number of aromatic nitrogens is 1. The molecule has 0 aliphatic rings. The first kappa shape index (κ1) is 10.9. The number of carbonyl (C=O) groups excluding carboxylic acids is 1. The van der Waals surface area contributed by atoms with Crippen LogP contribution in [0.5, 0.6) is 0 Å². The zero-order valence-corrected chi connectivity index (χ0v) is 8.83. The number of nitrogen functional groups attached to an aromatic ring is 1.